The predicted molar refractivity (Wildman–Crippen MR) is 151 cm³/mol. The van der Waals surface area contributed by atoms with Gasteiger partial charge in [-0.25, -0.2) is 9.79 Å². The maximum atomic E-state index is 14.0. The molecule has 0 aliphatic carbocycles. The number of H-pyrrole nitrogens is 1. The molecule has 2 aromatic heterocycles. The van der Waals surface area contributed by atoms with E-state index in [1.54, 1.807) is 18.4 Å². The average Bonchev–Trinajstić information content (AvgIpc) is 3.46. The van der Waals surface area contributed by atoms with Crippen LogP contribution in [0.3, 0.4) is 0 Å². The van der Waals surface area contributed by atoms with Gasteiger partial charge in [-0.05, 0) is 37.1 Å². The molecule has 0 amide bonds. The molecule has 7 heteroatoms. The van der Waals surface area contributed by atoms with E-state index in [1.165, 1.54) is 11.3 Å². The first-order valence-corrected chi connectivity index (χ1v) is 13.3. The number of carbonyl (C=O) groups is 1. The van der Waals surface area contributed by atoms with Gasteiger partial charge in [0.2, 0.25) is 0 Å². The van der Waals surface area contributed by atoms with Crippen LogP contribution in [0, 0.1) is 0 Å². The monoisotopic (exact) mass is 519 g/mol. The molecule has 5 aromatic rings. The topological polar surface area (TPSA) is 76.4 Å². The smallest absolute Gasteiger partial charge is 0.338 e. The van der Waals surface area contributed by atoms with Gasteiger partial charge in [0, 0.05) is 16.5 Å². The number of hydrogen-bond donors (Lipinski definition) is 1. The summed E-state index contributed by atoms with van der Waals surface area (Å²) in [6.45, 7) is 3.81. The van der Waals surface area contributed by atoms with Crippen molar-refractivity contribution >= 4 is 34.3 Å². The van der Waals surface area contributed by atoms with E-state index in [4.69, 9.17) is 9.73 Å². The lowest BCUT2D eigenvalue weighted by molar-refractivity contribution is -0.139. The standard InChI is InChI=1S/C31H25N3O3S/c1-3-37-30(36)26-19(2)32-31-34(28(26)21-14-8-5-9-15-21)29(35)25(38-31)18-23-22-16-10-11-17-24(22)33-27(23)20-12-6-4-7-13-20/h4-18,28,33H,3H2,1-2H3/b25-18+/t28-/m0/s1. The molecule has 1 aliphatic rings. The average molecular weight is 520 g/mol. The molecule has 188 valence electrons. The molecule has 0 fully saturated rings. The second kappa shape index (κ2) is 9.76. The summed E-state index contributed by atoms with van der Waals surface area (Å²) in [4.78, 5) is 35.9. The van der Waals surface area contributed by atoms with E-state index in [9.17, 15) is 9.59 Å². The van der Waals surface area contributed by atoms with Gasteiger partial charge in [-0.2, -0.15) is 0 Å². The molecular weight excluding hydrogens is 494 g/mol. The maximum Gasteiger partial charge on any atom is 0.338 e. The minimum Gasteiger partial charge on any atom is -0.463 e. The van der Waals surface area contributed by atoms with Crippen LogP contribution in [0.2, 0.25) is 0 Å². The fourth-order valence-corrected chi connectivity index (χ4v) is 6.05. The molecule has 1 N–H and O–H groups in total. The van der Waals surface area contributed by atoms with Gasteiger partial charge in [0.15, 0.2) is 4.80 Å². The van der Waals surface area contributed by atoms with Gasteiger partial charge in [0.05, 0.1) is 34.1 Å². The summed E-state index contributed by atoms with van der Waals surface area (Å²) in [5, 5.41) is 1.03. The lowest BCUT2D eigenvalue weighted by Gasteiger charge is -2.24. The lowest BCUT2D eigenvalue weighted by atomic mass is 9.96. The summed E-state index contributed by atoms with van der Waals surface area (Å²) < 4.78 is 7.56. The summed E-state index contributed by atoms with van der Waals surface area (Å²) in [6.07, 6.45) is 1.94. The number of hydrogen-bond acceptors (Lipinski definition) is 5. The molecule has 0 saturated carbocycles. The van der Waals surface area contributed by atoms with Crippen LogP contribution < -0.4 is 14.9 Å². The molecule has 1 atom stereocenters. The summed E-state index contributed by atoms with van der Waals surface area (Å²) >= 11 is 1.33. The van der Waals surface area contributed by atoms with Crippen molar-refractivity contribution < 1.29 is 9.53 Å². The number of aromatic nitrogens is 2. The van der Waals surface area contributed by atoms with Gasteiger partial charge >= 0.3 is 5.97 Å². The van der Waals surface area contributed by atoms with Gasteiger partial charge in [-0.15, -0.1) is 0 Å². The fourth-order valence-electron chi connectivity index (χ4n) is 5.02. The van der Waals surface area contributed by atoms with Crippen molar-refractivity contribution in [2.45, 2.75) is 19.9 Å². The largest absolute Gasteiger partial charge is 0.463 e. The quantitative estimate of drug-likeness (QED) is 0.334. The summed E-state index contributed by atoms with van der Waals surface area (Å²) in [5.41, 5.74) is 5.49. The number of aromatic amines is 1. The number of nitrogens with one attached hydrogen (secondary N) is 1. The Morgan fingerprint density at radius 1 is 1.03 bits per heavy atom. The van der Waals surface area contributed by atoms with Crippen LogP contribution in [0.5, 0.6) is 0 Å². The molecule has 0 spiro atoms. The normalized spacial score (nSPS) is 15.4. The van der Waals surface area contributed by atoms with Crippen LogP contribution in [-0.4, -0.2) is 22.1 Å². The summed E-state index contributed by atoms with van der Waals surface area (Å²) in [7, 11) is 0. The number of nitrogens with zero attached hydrogens (tertiary/aromatic N) is 2. The van der Waals surface area contributed by atoms with Gasteiger partial charge in [0.25, 0.3) is 5.56 Å². The minimum absolute atomic E-state index is 0.193. The highest BCUT2D eigenvalue weighted by Crippen LogP contribution is 2.32. The van der Waals surface area contributed by atoms with Crippen molar-refractivity contribution in [3.05, 3.63) is 127 Å². The van der Waals surface area contributed by atoms with Crippen molar-refractivity contribution in [2.75, 3.05) is 6.61 Å². The van der Waals surface area contributed by atoms with E-state index < -0.39 is 12.0 Å². The Balaban J connectivity index is 1.61. The number of esters is 1. The zero-order chi connectivity index (χ0) is 26.2. The molecule has 6 nitrogen and oxygen atoms in total. The Labute approximate surface area is 222 Å². The second-order valence-corrected chi connectivity index (χ2v) is 10.0. The van der Waals surface area contributed by atoms with Crippen LogP contribution in [0.1, 0.15) is 31.0 Å². The molecule has 0 saturated heterocycles. The van der Waals surface area contributed by atoms with Crippen molar-refractivity contribution in [1.29, 1.82) is 0 Å². The number of allylic oxidation sites excluding steroid dienone is 1. The highest BCUT2D eigenvalue weighted by atomic mass is 32.1. The zero-order valence-corrected chi connectivity index (χ0v) is 21.8. The third-order valence-electron chi connectivity index (χ3n) is 6.72. The van der Waals surface area contributed by atoms with E-state index in [1.807, 2.05) is 84.9 Å². The number of ether oxygens (including phenoxy) is 1. The van der Waals surface area contributed by atoms with Gasteiger partial charge in [0.1, 0.15) is 0 Å². The van der Waals surface area contributed by atoms with E-state index >= 15 is 0 Å². The SMILES string of the molecule is CCOC(=O)C1=C(C)N=c2s/c(=C/c3c(-c4ccccc4)[nH]c4ccccc34)c(=O)n2[C@H]1c1ccccc1. The van der Waals surface area contributed by atoms with E-state index in [0.717, 1.165) is 33.3 Å². The predicted octanol–water partition coefficient (Wildman–Crippen LogP) is 4.95. The van der Waals surface area contributed by atoms with Crippen LogP contribution in [0.15, 0.2) is 106 Å². The van der Waals surface area contributed by atoms with Crippen LogP contribution in [0.4, 0.5) is 0 Å². The number of fused-ring (bicyclic) bond motifs is 2. The molecule has 1 aliphatic heterocycles. The maximum absolute atomic E-state index is 14.0. The highest BCUT2D eigenvalue weighted by Gasteiger charge is 2.33. The lowest BCUT2D eigenvalue weighted by Crippen LogP contribution is -2.39. The third-order valence-corrected chi connectivity index (χ3v) is 7.70. The molecule has 3 heterocycles. The molecular formula is C31H25N3O3S. The first kappa shape index (κ1) is 23.9. The van der Waals surface area contributed by atoms with Gasteiger partial charge < -0.3 is 9.72 Å². The van der Waals surface area contributed by atoms with Crippen LogP contribution in [0.25, 0.3) is 28.2 Å². The first-order valence-electron chi connectivity index (χ1n) is 12.5. The van der Waals surface area contributed by atoms with E-state index in [-0.39, 0.29) is 12.2 Å². The van der Waals surface area contributed by atoms with Crippen molar-refractivity contribution in [2.24, 2.45) is 4.99 Å². The first-order chi connectivity index (χ1) is 18.6. The number of carbonyl (C=O) groups excluding carboxylic acids is 1. The highest BCUT2D eigenvalue weighted by molar-refractivity contribution is 7.07. The van der Waals surface area contributed by atoms with E-state index in [2.05, 4.69) is 11.1 Å². The fraction of sp³-hybridized carbons (Fsp3) is 0.129. The summed E-state index contributed by atoms with van der Waals surface area (Å²) in [5.74, 6) is -0.458. The number of rotatable bonds is 5. The third kappa shape index (κ3) is 4.01. The Bertz CT molecular complexity index is 1880. The second-order valence-electron chi connectivity index (χ2n) is 9.04. The van der Waals surface area contributed by atoms with Crippen molar-refractivity contribution in [3.8, 4) is 11.3 Å². The van der Waals surface area contributed by atoms with Crippen molar-refractivity contribution in [1.82, 2.24) is 9.55 Å². The molecule has 0 radical (unpaired) electrons. The number of thiazole rings is 1. The minimum atomic E-state index is -0.620. The van der Waals surface area contributed by atoms with Crippen LogP contribution in [-0.2, 0) is 9.53 Å². The van der Waals surface area contributed by atoms with Gasteiger partial charge in [-0.3, -0.25) is 9.36 Å². The van der Waals surface area contributed by atoms with E-state index in [0.29, 0.717) is 20.6 Å². The summed E-state index contributed by atoms with van der Waals surface area (Å²) in [6, 6.07) is 27.1. The number of para-hydroxylation sites is 1. The Hall–Kier alpha value is -4.49. The number of benzene rings is 3. The zero-order valence-electron chi connectivity index (χ0n) is 21.0. The Kier molecular flexibility index (Phi) is 6.13. The van der Waals surface area contributed by atoms with Gasteiger partial charge in [-0.1, -0.05) is 90.2 Å². The van der Waals surface area contributed by atoms with Crippen LogP contribution >= 0.6 is 11.3 Å². The Morgan fingerprint density at radius 2 is 1.71 bits per heavy atom. The molecule has 0 unspecified atom stereocenters. The molecule has 6 rings (SSSR count). The molecule has 3 aromatic carbocycles. The molecule has 38 heavy (non-hydrogen) atoms. The molecule has 0 bridgehead atoms. The van der Waals surface area contributed by atoms with Crippen molar-refractivity contribution in [3.63, 3.8) is 0 Å². The Morgan fingerprint density at radius 3 is 2.45 bits per heavy atom.